The summed E-state index contributed by atoms with van der Waals surface area (Å²) < 4.78 is 0. The van der Waals surface area contributed by atoms with E-state index in [2.05, 4.69) is 16.7 Å². The molecule has 1 aromatic carbocycles. The number of aryl methyl sites for hydroxylation is 2. The fourth-order valence-electron chi connectivity index (χ4n) is 3.84. The van der Waals surface area contributed by atoms with Crippen LogP contribution in [0.25, 0.3) is 0 Å². The quantitative estimate of drug-likeness (QED) is 0.338. The van der Waals surface area contributed by atoms with Gasteiger partial charge in [-0.2, -0.15) is 23.8 Å². The van der Waals surface area contributed by atoms with E-state index < -0.39 is 48.2 Å². The van der Waals surface area contributed by atoms with Crippen molar-refractivity contribution >= 4 is 30.0 Å². The summed E-state index contributed by atoms with van der Waals surface area (Å²) in [4.78, 5) is 62.1. The van der Waals surface area contributed by atoms with Gasteiger partial charge in [0.15, 0.2) is 0 Å². The Balaban J connectivity index is 0.00000544. The summed E-state index contributed by atoms with van der Waals surface area (Å²) >= 11 is 0. The molecule has 2 rings (SSSR count). The molecular weight excluding hydrogens is 503 g/mol. The SMILES string of the molecule is Cc1[c-]cc(C)c(C(=O)N[C@@H](C)C(=O)N2CC(C)(C)C[C@H]2C(=O)NC(C=O)CC(=O)O)c1.[Y]. The van der Waals surface area contributed by atoms with Crippen LogP contribution in [0.1, 0.15) is 55.1 Å². The van der Waals surface area contributed by atoms with E-state index >= 15 is 0 Å². The Hall–Kier alpha value is -2.13. The van der Waals surface area contributed by atoms with Crippen molar-refractivity contribution in [3.05, 3.63) is 34.9 Å². The van der Waals surface area contributed by atoms with Gasteiger partial charge in [-0.25, -0.2) is 0 Å². The van der Waals surface area contributed by atoms with E-state index in [0.29, 0.717) is 18.3 Å². The predicted octanol–water partition coefficient (Wildman–Crippen LogP) is 1.00. The van der Waals surface area contributed by atoms with Crippen molar-refractivity contribution in [2.45, 2.75) is 65.6 Å². The molecule has 0 saturated carbocycles. The Labute approximate surface area is 218 Å². The minimum atomic E-state index is -1.22. The van der Waals surface area contributed by atoms with Gasteiger partial charge >= 0.3 is 5.97 Å². The largest absolute Gasteiger partial charge is 0.481 e. The molecule has 1 aliphatic rings. The molecule has 0 bridgehead atoms. The van der Waals surface area contributed by atoms with Crippen LogP contribution in [-0.4, -0.2) is 64.7 Å². The van der Waals surface area contributed by atoms with Gasteiger partial charge < -0.3 is 25.4 Å². The van der Waals surface area contributed by atoms with Crippen LogP contribution in [0.15, 0.2) is 12.1 Å². The van der Waals surface area contributed by atoms with Gasteiger partial charge in [-0.1, -0.05) is 33.3 Å². The number of carbonyl (C=O) groups is 5. The molecule has 3 N–H and O–H groups in total. The van der Waals surface area contributed by atoms with Crippen molar-refractivity contribution in [2.75, 3.05) is 6.54 Å². The van der Waals surface area contributed by atoms with Gasteiger partial charge in [0.05, 0.1) is 12.5 Å². The van der Waals surface area contributed by atoms with Crippen LogP contribution in [0.4, 0.5) is 0 Å². The number of rotatable bonds is 8. The number of aldehydes is 1. The van der Waals surface area contributed by atoms with Crippen LogP contribution in [0.5, 0.6) is 0 Å². The number of nitrogens with zero attached hydrogens (tertiary/aromatic N) is 1. The first kappa shape index (κ1) is 28.9. The summed E-state index contributed by atoms with van der Waals surface area (Å²) in [5, 5.41) is 14.0. The van der Waals surface area contributed by atoms with Crippen molar-refractivity contribution in [1.29, 1.82) is 0 Å². The molecule has 0 spiro atoms. The van der Waals surface area contributed by atoms with E-state index in [0.717, 1.165) is 11.1 Å². The summed E-state index contributed by atoms with van der Waals surface area (Å²) in [5.74, 6) is -2.64. The van der Waals surface area contributed by atoms with Crippen molar-refractivity contribution < 1.29 is 61.8 Å². The van der Waals surface area contributed by atoms with Crippen LogP contribution >= 0.6 is 0 Å². The molecule has 1 radical (unpaired) electrons. The zero-order valence-corrected chi connectivity index (χ0v) is 22.4. The summed E-state index contributed by atoms with van der Waals surface area (Å²) in [6.45, 7) is 9.25. The third kappa shape index (κ3) is 7.71. The van der Waals surface area contributed by atoms with Crippen LogP contribution in [-0.2, 0) is 51.9 Å². The number of hydrogen-bond acceptors (Lipinski definition) is 5. The molecule has 3 amide bonds. The summed E-state index contributed by atoms with van der Waals surface area (Å²) in [6.07, 6.45) is 0.165. The maximum atomic E-state index is 13.2. The normalized spacial score (nSPS) is 18.5. The Morgan fingerprint density at radius 2 is 1.91 bits per heavy atom. The van der Waals surface area contributed by atoms with Gasteiger partial charge in [-0.3, -0.25) is 19.2 Å². The third-order valence-corrected chi connectivity index (χ3v) is 5.46. The summed E-state index contributed by atoms with van der Waals surface area (Å²) in [5.41, 5.74) is 1.60. The molecule has 0 aromatic heterocycles. The van der Waals surface area contributed by atoms with Gasteiger partial charge in [0.25, 0.3) is 0 Å². The molecule has 9 nitrogen and oxygen atoms in total. The second-order valence-corrected chi connectivity index (χ2v) is 9.11. The van der Waals surface area contributed by atoms with Crippen LogP contribution in [0.3, 0.4) is 0 Å². The number of carboxylic acids is 1. The smallest absolute Gasteiger partial charge is 0.305 e. The number of nitrogens with one attached hydrogen (secondary N) is 2. The van der Waals surface area contributed by atoms with Crippen molar-refractivity contribution in [1.82, 2.24) is 15.5 Å². The molecule has 1 aromatic rings. The van der Waals surface area contributed by atoms with Crippen molar-refractivity contribution in [3.8, 4) is 0 Å². The van der Waals surface area contributed by atoms with Gasteiger partial charge in [-0.15, -0.1) is 5.56 Å². The Kier molecular flexibility index (Phi) is 10.4. The standard InChI is InChI=1S/C23H30N3O6.Y/c1-13-6-7-14(2)17(8-13)20(30)24-15(3)22(32)26-12-23(4,5)10-18(26)21(31)25-16(11-27)9-19(28)29;/h7-8,11,15-16,18H,9-10,12H2,1-5H3,(H,24,30)(H,25,31)(H,28,29);/q-1;/t15-,16?,18-;/m0./s1. The average molecular weight is 533 g/mol. The maximum absolute atomic E-state index is 13.2. The molecule has 1 aliphatic heterocycles. The van der Waals surface area contributed by atoms with Gasteiger partial charge in [0.2, 0.25) is 17.7 Å². The van der Waals surface area contributed by atoms with E-state index in [9.17, 15) is 24.0 Å². The molecule has 33 heavy (non-hydrogen) atoms. The monoisotopic (exact) mass is 533 g/mol. The van der Waals surface area contributed by atoms with Gasteiger partial charge in [0.1, 0.15) is 18.4 Å². The maximum Gasteiger partial charge on any atom is 0.305 e. The Morgan fingerprint density at radius 3 is 2.48 bits per heavy atom. The van der Waals surface area contributed by atoms with Gasteiger partial charge in [0, 0.05) is 39.3 Å². The fourth-order valence-corrected chi connectivity index (χ4v) is 3.84. The first-order valence-corrected chi connectivity index (χ1v) is 10.4. The van der Waals surface area contributed by atoms with Crippen molar-refractivity contribution in [2.24, 2.45) is 5.41 Å². The topological polar surface area (TPSA) is 133 Å². The average Bonchev–Trinajstić information content (AvgIpc) is 3.03. The molecule has 1 heterocycles. The van der Waals surface area contributed by atoms with Gasteiger partial charge in [-0.05, 0) is 18.8 Å². The zero-order valence-electron chi connectivity index (χ0n) is 19.6. The van der Waals surface area contributed by atoms with E-state index in [4.69, 9.17) is 5.11 Å². The summed E-state index contributed by atoms with van der Waals surface area (Å²) in [7, 11) is 0. The number of benzene rings is 1. The van der Waals surface area contributed by atoms with E-state index in [1.807, 2.05) is 20.8 Å². The Bertz CT molecular complexity index is 933. The zero-order chi connectivity index (χ0) is 24.2. The number of carbonyl (C=O) groups excluding carboxylic acids is 4. The second kappa shape index (κ2) is 11.8. The molecule has 3 atom stereocenters. The van der Waals surface area contributed by atoms with E-state index in [1.54, 1.807) is 26.0 Å². The molecule has 0 aliphatic carbocycles. The minimum absolute atomic E-state index is 0. The third-order valence-electron chi connectivity index (χ3n) is 5.46. The summed E-state index contributed by atoms with van der Waals surface area (Å²) in [6, 6.07) is 3.47. The number of aliphatic carboxylic acids is 1. The second-order valence-electron chi connectivity index (χ2n) is 9.11. The van der Waals surface area contributed by atoms with E-state index in [1.165, 1.54) is 4.90 Å². The van der Waals surface area contributed by atoms with Crippen molar-refractivity contribution in [3.63, 3.8) is 0 Å². The number of carboxylic acid groups (broad SMARTS) is 1. The molecule has 1 saturated heterocycles. The first-order chi connectivity index (χ1) is 14.8. The molecule has 1 unspecified atom stereocenters. The van der Waals surface area contributed by atoms with Crippen LogP contribution in [0, 0.1) is 25.3 Å². The van der Waals surface area contributed by atoms with Crippen LogP contribution < -0.4 is 10.6 Å². The predicted molar refractivity (Wildman–Crippen MR) is 116 cm³/mol. The number of likely N-dealkylation sites (tertiary alicyclic amines) is 1. The molecule has 1 fully saturated rings. The van der Waals surface area contributed by atoms with E-state index in [-0.39, 0.29) is 44.7 Å². The first-order valence-electron chi connectivity index (χ1n) is 10.4. The molecule has 10 heteroatoms. The molecular formula is C23H30N3O6Y-. The minimum Gasteiger partial charge on any atom is -0.481 e. The fraction of sp³-hybridized carbons (Fsp3) is 0.522. The number of hydrogen-bond donors (Lipinski definition) is 3. The number of amides is 3. The molecule has 177 valence electrons. The van der Waals surface area contributed by atoms with Crippen LogP contribution in [0.2, 0.25) is 0 Å². The Morgan fingerprint density at radius 1 is 1.27 bits per heavy atom.